The molecule has 0 saturated heterocycles. The number of para-hydroxylation sites is 1. The van der Waals surface area contributed by atoms with Crippen molar-refractivity contribution in [1.29, 1.82) is 0 Å². The predicted molar refractivity (Wildman–Crippen MR) is 102 cm³/mol. The van der Waals surface area contributed by atoms with Gasteiger partial charge in [0.1, 0.15) is 5.75 Å². The van der Waals surface area contributed by atoms with Gasteiger partial charge in [0.25, 0.3) is 5.91 Å². The van der Waals surface area contributed by atoms with Crippen molar-refractivity contribution in [2.24, 2.45) is 0 Å². The molecule has 27 heavy (non-hydrogen) atoms. The summed E-state index contributed by atoms with van der Waals surface area (Å²) in [7, 11) is 0. The van der Waals surface area contributed by atoms with Gasteiger partial charge in [-0.2, -0.15) is 4.98 Å². The molecule has 6 nitrogen and oxygen atoms in total. The van der Waals surface area contributed by atoms with E-state index in [0.717, 1.165) is 18.4 Å². The second-order valence-electron chi connectivity index (χ2n) is 6.67. The van der Waals surface area contributed by atoms with E-state index in [0.29, 0.717) is 29.1 Å². The molecular formula is C21H21N3O3. The lowest BCUT2D eigenvalue weighted by Gasteiger charge is -2.08. The molecular weight excluding hydrogens is 342 g/mol. The summed E-state index contributed by atoms with van der Waals surface area (Å²) in [5, 5.41) is 6.94. The third-order valence-corrected chi connectivity index (χ3v) is 4.66. The number of hydrogen-bond donors (Lipinski definition) is 1. The molecule has 0 unspecified atom stereocenters. The van der Waals surface area contributed by atoms with Crippen LogP contribution in [-0.2, 0) is 4.79 Å². The number of carbonyl (C=O) groups is 1. The summed E-state index contributed by atoms with van der Waals surface area (Å²) < 4.78 is 10.9. The number of anilines is 1. The Bertz CT molecular complexity index is 902. The van der Waals surface area contributed by atoms with Crippen molar-refractivity contribution in [3.05, 3.63) is 60.5 Å². The highest BCUT2D eigenvalue weighted by molar-refractivity contribution is 5.92. The number of carbonyl (C=O) groups excluding carboxylic acids is 1. The number of rotatable bonds is 6. The third kappa shape index (κ3) is 4.34. The van der Waals surface area contributed by atoms with Gasteiger partial charge in [-0.05, 0) is 37.1 Å². The van der Waals surface area contributed by atoms with Crippen molar-refractivity contribution < 1.29 is 14.1 Å². The second kappa shape index (κ2) is 8.03. The molecule has 0 spiro atoms. The van der Waals surface area contributed by atoms with Gasteiger partial charge in [-0.15, -0.1) is 0 Å². The number of nitrogens with one attached hydrogen (secondary N) is 1. The normalized spacial score (nSPS) is 14.2. The minimum Gasteiger partial charge on any atom is -0.484 e. The maximum atomic E-state index is 12.1. The quantitative estimate of drug-likeness (QED) is 0.702. The molecule has 6 heteroatoms. The highest BCUT2D eigenvalue weighted by atomic mass is 16.5. The molecule has 4 rings (SSSR count). The molecule has 1 saturated carbocycles. The number of nitrogens with zero attached hydrogens (tertiary/aromatic N) is 2. The highest BCUT2D eigenvalue weighted by Crippen LogP contribution is 2.34. The van der Waals surface area contributed by atoms with E-state index in [2.05, 4.69) is 15.5 Å². The van der Waals surface area contributed by atoms with Crippen LogP contribution in [0.2, 0.25) is 0 Å². The monoisotopic (exact) mass is 363 g/mol. The molecule has 0 radical (unpaired) electrons. The first kappa shape index (κ1) is 17.3. The summed E-state index contributed by atoms with van der Waals surface area (Å²) >= 11 is 0. The lowest BCUT2D eigenvalue weighted by atomic mass is 10.1. The largest absolute Gasteiger partial charge is 0.484 e. The van der Waals surface area contributed by atoms with Gasteiger partial charge < -0.3 is 14.6 Å². The van der Waals surface area contributed by atoms with Crippen LogP contribution in [0, 0.1) is 0 Å². The molecule has 0 bridgehead atoms. The Balaban J connectivity index is 1.39. The number of amides is 1. The molecule has 1 aliphatic rings. The summed E-state index contributed by atoms with van der Waals surface area (Å²) in [5.41, 5.74) is 1.48. The molecule has 1 heterocycles. The molecule has 1 amide bonds. The fourth-order valence-corrected chi connectivity index (χ4v) is 3.29. The lowest BCUT2D eigenvalue weighted by Crippen LogP contribution is -2.20. The first-order chi connectivity index (χ1) is 13.3. The molecule has 1 fully saturated rings. The zero-order chi connectivity index (χ0) is 18.5. The van der Waals surface area contributed by atoms with Crippen molar-refractivity contribution in [2.75, 3.05) is 11.9 Å². The van der Waals surface area contributed by atoms with E-state index >= 15 is 0 Å². The average molecular weight is 363 g/mol. The van der Waals surface area contributed by atoms with Crippen LogP contribution in [0.5, 0.6) is 5.75 Å². The zero-order valence-electron chi connectivity index (χ0n) is 14.9. The van der Waals surface area contributed by atoms with Crippen LogP contribution in [0.3, 0.4) is 0 Å². The van der Waals surface area contributed by atoms with Crippen LogP contribution in [0.4, 0.5) is 5.69 Å². The topological polar surface area (TPSA) is 77.2 Å². The van der Waals surface area contributed by atoms with E-state index in [-0.39, 0.29) is 12.5 Å². The van der Waals surface area contributed by atoms with Gasteiger partial charge in [0.05, 0.1) is 0 Å². The maximum absolute atomic E-state index is 12.1. The molecule has 1 aromatic heterocycles. The highest BCUT2D eigenvalue weighted by Gasteiger charge is 2.23. The predicted octanol–water partition coefficient (Wildman–Crippen LogP) is 4.41. The van der Waals surface area contributed by atoms with Crippen molar-refractivity contribution in [3.8, 4) is 17.1 Å². The summed E-state index contributed by atoms with van der Waals surface area (Å²) in [6, 6.07) is 16.7. The number of ether oxygens (including phenoxy) is 1. The van der Waals surface area contributed by atoms with Gasteiger partial charge in [0.15, 0.2) is 6.61 Å². The SMILES string of the molecule is O=C(COc1ccccc1)Nc1cccc(-c2noc(C3CCCC3)n2)c1. The average Bonchev–Trinajstić information content (AvgIpc) is 3.39. The molecule has 1 N–H and O–H groups in total. The second-order valence-corrected chi connectivity index (χ2v) is 6.67. The molecule has 0 aliphatic heterocycles. The van der Waals surface area contributed by atoms with Crippen molar-refractivity contribution in [3.63, 3.8) is 0 Å². The van der Waals surface area contributed by atoms with Crippen molar-refractivity contribution >= 4 is 11.6 Å². The molecule has 2 aromatic carbocycles. The number of benzene rings is 2. The van der Waals surface area contributed by atoms with Crippen LogP contribution in [0.25, 0.3) is 11.4 Å². The lowest BCUT2D eigenvalue weighted by molar-refractivity contribution is -0.118. The fourth-order valence-electron chi connectivity index (χ4n) is 3.29. The van der Waals surface area contributed by atoms with E-state index < -0.39 is 0 Å². The first-order valence-corrected chi connectivity index (χ1v) is 9.20. The van der Waals surface area contributed by atoms with Crippen LogP contribution < -0.4 is 10.1 Å². The summed E-state index contributed by atoms with van der Waals surface area (Å²) in [6.45, 7) is -0.0533. The van der Waals surface area contributed by atoms with Crippen LogP contribution >= 0.6 is 0 Å². The molecule has 138 valence electrons. The fraction of sp³-hybridized carbons (Fsp3) is 0.286. The Morgan fingerprint density at radius 2 is 1.93 bits per heavy atom. The van der Waals surface area contributed by atoms with Crippen LogP contribution in [0.15, 0.2) is 59.1 Å². The van der Waals surface area contributed by atoms with E-state index in [9.17, 15) is 4.79 Å². The Kier molecular flexibility index (Phi) is 5.14. The van der Waals surface area contributed by atoms with Gasteiger partial charge >= 0.3 is 0 Å². The number of aromatic nitrogens is 2. The Morgan fingerprint density at radius 1 is 1.11 bits per heavy atom. The van der Waals surface area contributed by atoms with Crippen molar-refractivity contribution in [2.45, 2.75) is 31.6 Å². The third-order valence-electron chi connectivity index (χ3n) is 4.66. The Labute approximate surface area is 157 Å². The maximum Gasteiger partial charge on any atom is 0.262 e. The van der Waals surface area contributed by atoms with Gasteiger partial charge in [-0.1, -0.05) is 48.3 Å². The Hall–Kier alpha value is -3.15. The van der Waals surface area contributed by atoms with E-state index in [4.69, 9.17) is 9.26 Å². The van der Waals surface area contributed by atoms with Gasteiger partial charge in [-0.25, -0.2) is 0 Å². The minimum atomic E-state index is -0.226. The summed E-state index contributed by atoms with van der Waals surface area (Å²) in [5.74, 6) is 2.08. The van der Waals surface area contributed by atoms with E-state index in [1.54, 1.807) is 0 Å². The smallest absolute Gasteiger partial charge is 0.262 e. The standard InChI is InChI=1S/C21H21N3O3/c25-19(14-26-18-11-2-1-3-12-18)22-17-10-6-9-16(13-17)20-23-21(27-24-20)15-7-4-5-8-15/h1-3,6,9-13,15H,4-5,7-8,14H2,(H,22,25). The Morgan fingerprint density at radius 3 is 2.74 bits per heavy atom. The molecule has 3 aromatic rings. The summed E-state index contributed by atoms with van der Waals surface area (Å²) in [4.78, 5) is 16.7. The molecule has 0 atom stereocenters. The van der Waals surface area contributed by atoms with Crippen LogP contribution in [-0.4, -0.2) is 22.7 Å². The number of hydrogen-bond acceptors (Lipinski definition) is 5. The van der Waals surface area contributed by atoms with E-state index in [1.165, 1.54) is 12.8 Å². The van der Waals surface area contributed by atoms with Gasteiger partial charge in [0.2, 0.25) is 11.7 Å². The van der Waals surface area contributed by atoms with Gasteiger partial charge in [0, 0.05) is 17.2 Å². The van der Waals surface area contributed by atoms with Crippen molar-refractivity contribution in [1.82, 2.24) is 10.1 Å². The van der Waals surface area contributed by atoms with Crippen LogP contribution in [0.1, 0.15) is 37.5 Å². The zero-order valence-corrected chi connectivity index (χ0v) is 14.9. The first-order valence-electron chi connectivity index (χ1n) is 9.20. The summed E-state index contributed by atoms with van der Waals surface area (Å²) in [6.07, 6.45) is 4.65. The molecule has 1 aliphatic carbocycles. The van der Waals surface area contributed by atoms with E-state index in [1.807, 2.05) is 54.6 Å². The minimum absolute atomic E-state index is 0.0533. The van der Waals surface area contributed by atoms with Gasteiger partial charge in [-0.3, -0.25) is 4.79 Å².